The second-order valence-electron chi connectivity index (χ2n) is 5.96. The fourth-order valence-electron chi connectivity index (χ4n) is 3.23. The molecular weight excluding hydrogens is 312 g/mol. The zero-order valence-corrected chi connectivity index (χ0v) is 13.6. The minimum absolute atomic E-state index is 0.0236. The zero-order valence-electron chi connectivity index (χ0n) is 12.7. The first-order valence-corrected chi connectivity index (χ1v) is 8.80. The molecule has 0 aliphatic carbocycles. The summed E-state index contributed by atoms with van der Waals surface area (Å²) in [5, 5.41) is 1.90. The Bertz CT molecular complexity index is 778. The molecule has 0 atom stereocenters. The molecule has 23 heavy (non-hydrogen) atoms. The van der Waals surface area contributed by atoms with Gasteiger partial charge in [0.15, 0.2) is 0 Å². The average Bonchev–Trinajstić information content (AvgIpc) is 3.27. The molecule has 4 heterocycles. The molecule has 0 radical (unpaired) electrons. The van der Waals surface area contributed by atoms with E-state index in [-0.39, 0.29) is 11.5 Å². The fourth-order valence-corrected chi connectivity index (χ4v) is 3.93. The number of fused-ring (bicyclic) bond motifs is 1. The van der Waals surface area contributed by atoms with Crippen LogP contribution in [0.5, 0.6) is 0 Å². The number of carbonyl (C=O) groups excluding carboxylic acids is 1. The second-order valence-corrected chi connectivity index (χ2v) is 6.91. The number of rotatable bonds is 2. The summed E-state index contributed by atoms with van der Waals surface area (Å²) in [6.07, 6.45) is 2.82. The van der Waals surface area contributed by atoms with Gasteiger partial charge in [0.25, 0.3) is 11.5 Å². The van der Waals surface area contributed by atoms with E-state index in [1.807, 2.05) is 17.5 Å². The molecule has 2 aliphatic rings. The Morgan fingerprint density at radius 3 is 2.83 bits per heavy atom. The van der Waals surface area contributed by atoms with E-state index in [2.05, 4.69) is 14.9 Å². The van der Waals surface area contributed by atoms with Crippen molar-refractivity contribution in [3.8, 4) is 0 Å². The summed E-state index contributed by atoms with van der Waals surface area (Å²) in [6, 6.07) is 3.72. The summed E-state index contributed by atoms with van der Waals surface area (Å²) < 4.78 is 0. The highest BCUT2D eigenvalue weighted by atomic mass is 32.1. The number of aromatic amines is 1. The van der Waals surface area contributed by atoms with Crippen molar-refractivity contribution in [1.82, 2.24) is 14.9 Å². The molecule has 6 nitrogen and oxygen atoms in total. The molecule has 0 saturated carbocycles. The van der Waals surface area contributed by atoms with Crippen LogP contribution in [0.3, 0.4) is 0 Å². The fraction of sp³-hybridized carbons (Fsp3) is 0.438. The Hall–Kier alpha value is -2.15. The number of hydrogen-bond acceptors (Lipinski definition) is 5. The number of thiophene rings is 1. The van der Waals surface area contributed by atoms with Crippen molar-refractivity contribution in [1.29, 1.82) is 0 Å². The average molecular weight is 330 g/mol. The largest absolute Gasteiger partial charge is 0.342 e. The SMILES string of the molecule is O=C(c1cccs1)N1CCc2c(nc(N3CCCC3)[nH]c2=O)C1. The number of hydrogen-bond donors (Lipinski definition) is 1. The van der Waals surface area contributed by atoms with Crippen LogP contribution < -0.4 is 10.5 Å². The van der Waals surface area contributed by atoms with Crippen molar-refractivity contribution in [2.45, 2.75) is 25.8 Å². The summed E-state index contributed by atoms with van der Waals surface area (Å²) in [5.41, 5.74) is 1.41. The molecule has 1 saturated heterocycles. The number of anilines is 1. The Morgan fingerprint density at radius 2 is 2.09 bits per heavy atom. The molecule has 2 aliphatic heterocycles. The van der Waals surface area contributed by atoms with Crippen molar-refractivity contribution in [2.75, 3.05) is 24.5 Å². The van der Waals surface area contributed by atoms with Crippen molar-refractivity contribution < 1.29 is 4.79 Å². The van der Waals surface area contributed by atoms with E-state index in [0.717, 1.165) is 42.1 Å². The van der Waals surface area contributed by atoms with Crippen LogP contribution in [-0.2, 0) is 13.0 Å². The molecule has 1 amide bonds. The molecule has 0 bridgehead atoms. The summed E-state index contributed by atoms with van der Waals surface area (Å²) in [4.78, 5) is 37.0. The highest BCUT2D eigenvalue weighted by molar-refractivity contribution is 7.12. The van der Waals surface area contributed by atoms with Gasteiger partial charge in [-0.2, -0.15) is 0 Å². The van der Waals surface area contributed by atoms with Gasteiger partial charge in [0.05, 0.1) is 17.1 Å². The lowest BCUT2D eigenvalue weighted by molar-refractivity contribution is 0.0736. The van der Waals surface area contributed by atoms with Crippen molar-refractivity contribution in [3.05, 3.63) is 44.0 Å². The molecule has 2 aromatic rings. The van der Waals surface area contributed by atoms with Crippen molar-refractivity contribution in [2.24, 2.45) is 0 Å². The first-order chi connectivity index (χ1) is 11.2. The molecule has 1 fully saturated rings. The van der Waals surface area contributed by atoms with Gasteiger partial charge in [0.2, 0.25) is 5.95 Å². The van der Waals surface area contributed by atoms with E-state index < -0.39 is 0 Å². The Balaban J connectivity index is 1.62. The van der Waals surface area contributed by atoms with Crippen LogP contribution in [-0.4, -0.2) is 40.4 Å². The third-order valence-electron chi connectivity index (χ3n) is 4.49. The zero-order chi connectivity index (χ0) is 15.8. The lowest BCUT2D eigenvalue weighted by atomic mass is 10.1. The maximum Gasteiger partial charge on any atom is 0.264 e. The van der Waals surface area contributed by atoms with E-state index in [0.29, 0.717) is 25.5 Å². The van der Waals surface area contributed by atoms with Gasteiger partial charge in [-0.3, -0.25) is 14.6 Å². The van der Waals surface area contributed by atoms with Gasteiger partial charge >= 0.3 is 0 Å². The van der Waals surface area contributed by atoms with Crippen molar-refractivity contribution in [3.63, 3.8) is 0 Å². The van der Waals surface area contributed by atoms with E-state index in [4.69, 9.17) is 0 Å². The first kappa shape index (κ1) is 14.4. The van der Waals surface area contributed by atoms with Crippen LogP contribution in [0.4, 0.5) is 5.95 Å². The third-order valence-corrected chi connectivity index (χ3v) is 5.34. The molecular formula is C16H18N4O2S. The number of carbonyl (C=O) groups is 1. The van der Waals surface area contributed by atoms with Gasteiger partial charge < -0.3 is 9.80 Å². The van der Waals surface area contributed by atoms with Crippen LogP contribution in [0.1, 0.15) is 33.8 Å². The molecule has 4 rings (SSSR count). The van der Waals surface area contributed by atoms with Crippen LogP contribution >= 0.6 is 11.3 Å². The minimum Gasteiger partial charge on any atom is -0.342 e. The molecule has 0 spiro atoms. The standard InChI is InChI=1S/C16H18N4O2S/c21-14-11-5-8-20(15(22)13-4-3-9-23-13)10-12(11)17-16(18-14)19-6-1-2-7-19/h3-4,9H,1-2,5-8,10H2,(H,17,18,21). The van der Waals surface area contributed by atoms with Gasteiger partial charge in [-0.15, -0.1) is 11.3 Å². The molecule has 120 valence electrons. The van der Waals surface area contributed by atoms with E-state index >= 15 is 0 Å². The number of H-pyrrole nitrogens is 1. The van der Waals surface area contributed by atoms with E-state index in [1.54, 1.807) is 4.90 Å². The van der Waals surface area contributed by atoms with Gasteiger partial charge in [-0.05, 0) is 30.7 Å². The maximum absolute atomic E-state index is 12.5. The number of aromatic nitrogens is 2. The predicted molar refractivity (Wildman–Crippen MR) is 89.1 cm³/mol. The summed E-state index contributed by atoms with van der Waals surface area (Å²) in [5.74, 6) is 0.673. The highest BCUT2D eigenvalue weighted by Crippen LogP contribution is 2.21. The third kappa shape index (κ3) is 2.65. The van der Waals surface area contributed by atoms with Crippen LogP contribution in [0.25, 0.3) is 0 Å². The highest BCUT2D eigenvalue weighted by Gasteiger charge is 2.26. The lowest BCUT2D eigenvalue weighted by Gasteiger charge is -2.28. The molecule has 2 aromatic heterocycles. The van der Waals surface area contributed by atoms with Crippen LogP contribution in [0, 0.1) is 0 Å². The number of amides is 1. The summed E-state index contributed by atoms with van der Waals surface area (Å²) in [7, 11) is 0. The quantitative estimate of drug-likeness (QED) is 0.909. The van der Waals surface area contributed by atoms with Gasteiger partial charge in [-0.1, -0.05) is 6.07 Å². The second kappa shape index (κ2) is 5.81. The van der Waals surface area contributed by atoms with Crippen molar-refractivity contribution >= 4 is 23.2 Å². The smallest absolute Gasteiger partial charge is 0.264 e. The van der Waals surface area contributed by atoms with Gasteiger partial charge in [0.1, 0.15) is 0 Å². The Labute approximate surface area is 137 Å². The lowest BCUT2D eigenvalue weighted by Crippen LogP contribution is -2.39. The number of nitrogens with one attached hydrogen (secondary N) is 1. The van der Waals surface area contributed by atoms with Gasteiger partial charge in [-0.25, -0.2) is 4.98 Å². The molecule has 0 unspecified atom stereocenters. The van der Waals surface area contributed by atoms with Crippen LogP contribution in [0.2, 0.25) is 0 Å². The molecule has 7 heteroatoms. The monoisotopic (exact) mass is 330 g/mol. The predicted octanol–water partition coefficient (Wildman–Crippen LogP) is 1.63. The van der Waals surface area contributed by atoms with E-state index in [9.17, 15) is 9.59 Å². The molecule has 1 N–H and O–H groups in total. The topological polar surface area (TPSA) is 69.3 Å². The summed E-state index contributed by atoms with van der Waals surface area (Å²) in [6.45, 7) is 2.84. The maximum atomic E-state index is 12.5. The normalized spacial score (nSPS) is 17.4. The van der Waals surface area contributed by atoms with E-state index in [1.165, 1.54) is 11.3 Å². The number of nitrogens with zero attached hydrogens (tertiary/aromatic N) is 3. The Morgan fingerprint density at radius 1 is 1.26 bits per heavy atom. The van der Waals surface area contributed by atoms with Crippen LogP contribution in [0.15, 0.2) is 22.3 Å². The Kier molecular flexibility index (Phi) is 3.65. The van der Waals surface area contributed by atoms with Gasteiger partial charge in [0, 0.05) is 25.2 Å². The molecule has 0 aromatic carbocycles. The minimum atomic E-state index is -0.0554. The first-order valence-electron chi connectivity index (χ1n) is 7.92. The summed E-state index contributed by atoms with van der Waals surface area (Å²) >= 11 is 1.44.